The van der Waals surface area contributed by atoms with E-state index in [2.05, 4.69) is 122 Å². The van der Waals surface area contributed by atoms with Crippen molar-refractivity contribution in [2.45, 2.75) is 0 Å². The molecule has 0 saturated carbocycles. The van der Waals surface area contributed by atoms with Crippen molar-refractivity contribution in [1.82, 2.24) is 19.9 Å². The third-order valence-corrected chi connectivity index (χ3v) is 7.09. The summed E-state index contributed by atoms with van der Waals surface area (Å²) in [6.45, 7) is 0. The second-order valence-electron chi connectivity index (χ2n) is 10.2. The number of H-pyrrole nitrogens is 2. The molecule has 0 spiro atoms. The molecule has 0 aliphatic carbocycles. The monoisotopic (exact) mass is 614 g/mol. The van der Waals surface area contributed by atoms with Crippen molar-refractivity contribution >= 4 is 63.4 Å². The molecule has 1 radical (unpaired) electrons. The van der Waals surface area contributed by atoms with Crippen LogP contribution in [-0.2, 0) is 16.8 Å². The minimum absolute atomic E-state index is 0. The Bertz CT molecular complexity index is 1810. The zero-order valence-electron chi connectivity index (χ0n) is 23.8. The molecule has 44 heavy (non-hydrogen) atoms. The van der Waals surface area contributed by atoms with Crippen molar-refractivity contribution in [3.05, 3.63) is 162 Å². The number of rotatable bonds is 3. The van der Waals surface area contributed by atoms with Crippen LogP contribution in [0.15, 0.2) is 140 Å². The number of hydrogen-bond donors (Lipinski definition) is 2. The second kappa shape index (κ2) is 13.3. The predicted octanol–water partition coefficient (Wildman–Crippen LogP) is 9.81. The van der Waals surface area contributed by atoms with Gasteiger partial charge in [0.1, 0.15) is 0 Å². The number of aromatic amines is 2. The van der Waals surface area contributed by atoms with Crippen LogP contribution in [0, 0.1) is 0 Å². The molecule has 2 aliphatic heterocycles. The SMILES string of the molecule is C1=Cc2cc3ccc(cc4nc(cc5ccc(cc1n2)[nH]5)C=C4)[nH]3.[Co].c1ccc(N(c2ccccc2)c2ccccc2)cc1. The van der Waals surface area contributed by atoms with Gasteiger partial charge in [-0.05, 0) is 109 Å². The molecule has 6 aromatic rings. The van der Waals surface area contributed by atoms with E-state index >= 15 is 0 Å². The van der Waals surface area contributed by atoms with E-state index in [1.165, 1.54) is 17.1 Å². The number of fused-ring (bicyclic) bond motifs is 8. The second-order valence-corrected chi connectivity index (χ2v) is 10.2. The van der Waals surface area contributed by atoms with Gasteiger partial charge in [-0.3, -0.25) is 0 Å². The van der Waals surface area contributed by atoms with Gasteiger partial charge < -0.3 is 14.9 Å². The summed E-state index contributed by atoms with van der Waals surface area (Å²) in [5.41, 5.74) is 11.4. The third kappa shape index (κ3) is 6.79. The summed E-state index contributed by atoms with van der Waals surface area (Å²) in [4.78, 5) is 18.3. The molecule has 3 aromatic carbocycles. The Kier molecular flexibility index (Phi) is 8.64. The Morgan fingerprint density at radius 3 is 0.909 bits per heavy atom. The van der Waals surface area contributed by atoms with Gasteiger partial charge in [0.25, 0.3) is 0 Å². The summed E-state index contributed by atoms with van der Waals surface area (Å²) >= 11 is 0. The number of anilines is 3. The zero-order chi connectivity index (χ0) is 28.8. The number of benzene rings is 3. The fourth-order valence-corrected chi connectivity index (χ4v) is 5.12. The molecular formula is C38H29CoN5. The summed E-state index contributed by atoms with van der Waals surface area (Å²) in [6.07, 6.45) is 8.09. The number of aromatic nitrogens is 4. The molecule has 6 heteroatoms. The molecule has 8 bridgehead atoms. The van der Waals surface area contributed by atoms with Crippen LogP contribution >= 0.6 is 0 Å². The van der Waals surface area contributed by atoms with Crippen molar-refractivity contribution < 1.29 is 16.8 Å². The molecular weight excluding hydrogens is 585 g/mol. The van der Waals surface area contributed by atoms with E-state index in [1.54, 1.807) is 0 Å². The minimum Gasteiger partial charge on any atom is -0.355 e. The first kappa shape index (κ1) is 28.7. The molecule has 0 fully saturated rings. The third-order valence-electron chi connectivity index (χ3n) is 7.09. The van der Waals surface area contributed by atoms with Gasteiger partial charge in [0.15, 0.2) is 0 Å². The van der Waals surface area contributed by atoms with E-state index in [-0.39, 0.29) is 16.8 Å². The first-order valence-corrected chi connectivity index (χ1v) is 14.2. The van der Waals surface area contributed by atoms with Crippen LogP contribution in [0.1, 0.15) is 22.8 Å². The molecule has 215 valence electrons. The van der Waals surface area contributed by atoms with Crippen LogP contribution in [0.3, 0.4) is 0 Å². The van der Waals surface area contributed by atoms with Gasteiger partial charge in [0.05, 0.1) is 22.8 Å². The van der Waals surface area contributed by atoms with Crippen LogP contribution < -0.4 is 4.90 Å². The van der Waals surface area contributed by atoms with Crippen molar-refractivity contribution in [2.24, 2.45) is 0 Å². The molecule has 0 saturated heterocycles. The van der Waals surface area contributed by atoms with Crippen LogP contribution in [0.25, 0.3) is 46.4 Å². The molecule has 2 N–H and O–H groups in total. The summed E-state index contributed by atoms with van der Waals surface area (Å²) in [5, 5.41) is 0. The zero-order valence-corrected chi connectivity index (χ0v) is 24.8. The Morgan fingerprint density at radius 2 is 0.636 bits per heavy atom. The van der Waals surface area contributed by atoms with E-state index in [0.717, 1.165) is 44.8 Å². The van der Waals surface area contributed by atoms with Crippen LogP contribution in [0.4, 0.5) is 17.1 Å². The number of nitrogens with zero attached hydrogens (tertiary/aromatic N) is 3. The maximum Gasteiger partial charge on any atom is 0.0658 e. The Labute approximate surface area is 266 Å². The molecule has 3 aromatic heterocycles. The van der Waals surface area contributed by atoms with Crippen LogP contribution in [0.2, 0.25) is 0 Å². The van der Waals surface area contributed by atoms with Gasteiger partial charge in [-0.15, -0.1) is 0 Å². The van der Waals surface area contributed by atoms with E-state index < -0.39 is 0 Å². The summed E-state index contributed by atoms with van der Waals surface area (Å²) in [7, 11) is 0. The van der Waals surface area contributed by atoms with Gasteiger partial charge in [0.2, 0.25) is 0 Å². The van der Waals surface area contributed by atoms with E-state index in [1.807, 2.05) is 66.8 Å². The fraction of sp³-hybridized carbons (Fsp3) is 0. The number of nitrogens with one attached hydrogen (secondary N) is 2. The normalized spacial score (nSPS) is 11.3. The molecule has 0 atom stereocenters. The van der Waals surface area contributed by atoms with Crippen molar-refractivity contribution in [2.75, 3.05) is 4.90 Å². The van der Waals surface area contributed by atoms with Crippen molar-refractivity contribution in [3.8, 4) is 0 Å². The van der Waals surface area contributed by atoms with Gasteiger partial charge in [0, 0.05) is 55.9 Å². The molecule has 5 nitrogen and oxygen atoms in total. The first-order chi connectivity index (χ1) is 21.2. The van der Waals surface area contributed by atoms with E-state index in [9.17, 15) is 0 Å². The fourth-order valence-electron chi connectivity index (χ4n) is 5.12. The summed E-state index contributed by atoms with van der Waals surface area (Å²) in [5.74, 6) is 0. The Morgan fingerprint density at radius 1 is 0.364 bits per heavy atom. The first-order valence-electron chi connectivity index (χ1n) is 14.2. The maximum atomic E-state index is 4.63. The van der Waals surface area contributed by atoms with Gasteiger partial charge in [-0.25, -0.2) is 9.97 Å². The summed E-state index contributed by atoms with van der Waals surface area (Å²) < 4.78 is 0. The number of hydrogen-bond acceptors (Lipinski definition) is 3. The Hall–Kier alpha value is -5.43. The molecule has 2 aliphatic rings. The molecule has 5 heterocycles. The number of para-hydroxylation sites is 3. The quantitative estimate of drug-likeness (QED) is 0.208. The largest absolute Gasteiger partial charge is 0.355 e. The maximum absolute atomic E-state index is 4.63. The standard InChI is InChI=1S/C20H14N4.C18H15N.Co/c1-2-14-10-16-5-6-18(23-16)12-20-8-7-19(24-20)11-17-4-3-15(22-17)9-13(1)21-14;1-4-10-16(11-5-1)19(17-12-6-2-7-13-17)18-14-8-3-9-15-18;/h1-12,21,24H;1-15H;. The minimum atomic E-state index is 0. The van der Waals surface area contributed by atoms with Crippen LogP contribution in [-0.4, -0.2) is 19.9 Å². The smallest absolute Gasteiger partial charge is 0.0658 e. The van der Waals surface area contributed by atoms with Gasteiger partial charge >= 0.3 is 0 Å². The summed E-state index contributed by atoms with van der Waals surface area (Å²) in [6, 6.07) is 47.6. The molecule has 0 amide bonds. The average Bonchev–Trinajstić information content (AvgIpc) is 3.86. The van der Waals surface area contributed by atoms with Gasteiger partial charge in [-0.2, -0.15) is 0 Å². The van der Waals surface area contributed by atoms with E-state index in [4.69, 9.17) is 0 Å². The predicted molar refractivity (Wildman–Crippen MR) is 180 cm³/mol. The average molecular weight is 615 g/mol. The Balaban J connectivity index is 0.000000157. The van der Waals surface area contributed by atoms with E-state index in [0.29, 0.717) is 0 Å². The molecule has 0 unspecified atom stereocenters. The van der Waals surface area contributed by atoms with Crippen molar-refractivity contribution in [1.29, 1.82) is 0 Å². The molecule has 8 rings (SSSR count). The van der Waals surface area contributed by atoms with Gasteiger partial charge in [-0.1, -0.05) is 54.6 Å². The van der Waals surface area contributed by atoms with Crippen LogP contribution in [0.5, 0.6) is 0 Å². The van der Waals surface area contributed by atoms with Crippen molar-refractivity contribution in [3.63, 3.8) is 0 Å². The topological polar surface area (TPSA) is 60.6 Å².